The second-order valence-corrected chi connectivity index (χ2v) is 4.73. The lowest BCUT2D eigenvalue weighted by Crippen LogP contribution is -2.31. The predicted molar refractivity (Wildman–Crippen MR) is 72.8 cm³/mol. The standard InChI is InChI=1S/C14H18F2N4/c1-3-20-14(4-9(2)19-20)13(18-17)7-10-5-11(15)8-12(16)6-10/h4-6,8,13,18H,3,7,17H2,1-2H3. The predicted octanol–water partition coefficient (Wildman–Crippen LogP) is 2.24. The maximum absolute atomic E-state index is 13.2. The molecule has 1 heterocycles. The number of aryl methyl sites for hydroxylation is 2. The molecular formula is C14H18F2N4. The molecule has 0 saturated carbocycles. The van der Waals surface area contributed by atoms with Gasteiger partial charge in [-0.1, -0.05) is 0 Å². The summed E-state index contributed by atoms with van der Waals surface area (Å²) in [6, 6.07) is 5.15. The highest BCUT2D eigenvalue weighted by atomic mass is 19.1. The van der Waals surface area contributed by atoms with E-state index in [0.717, 1.165) is 17.5 Å². The van der Waals surface area contributed by atoms with Crippen molar-refractivity contribution in [2.45, 2.75) is 32.9 Å². The summed E-state index contributed by atoms with van der Waals surface area (Å²) in [7, 11) is 0. The van der Waals surface area contributed by atoms with Crippen molar-refractivity contribution in [3.8, 4) is 0 Å². The molecule has 20 heavy (non-hydrogen) atoms. The molecule has 3 N–H and O–H groups in total. The molecule has 0 saturated heterocycles. The van der Waals surface area contributed by atoms with Gasteiger partial charge in [-0.15, -0.1) is 0 Å². The van der Waals surface area contributed by atoms with Crippen LogP contribution in [-0.2, 0) is 13.0 Å². The maximum atomic E-state index is 13.2. The van der Waals surface area contributed by atoms with Crippen LogP contribution < -0.4 is 11.3 Å². The molecule has 1 aromatic carbocycles. The van der Waals surface area contributed by atoms with Crippen molar-refractivity contribution in [1.29, 1.82) is 0 Å². The second-order valence-electron chi connectivity index (χ2n) is 4.73. The van der Waals surface area contributed by atoms with Gasteiger partial charge in [0.1, 0.15) is 11.6 Å². The highest BCUT2D eigenvalue weighted by molar-refractivity contribution is 5.22. The molecule has 0 aliphatic heterocycles. The number of hydrazine groups is 1. The summed E-state index contributed by atoms with van der Waals surface area (Å²) in [5, 5.41) is 4.35. The normalized spacial score (nSPS) is 12.7. The van der Waals surface area contributed by atoms with E-state index in [2.05, 4.69) is 10.5 Å². The minimum Gasteiger partial charge on any atom is -0.271 e. The van der Waals surface area contributed by atoms with Crippen molar-refractivity contribution >= 4 is 0 Å². The van der Waals surface area contributed by atoms with E-state index in [-0.39, 0.29) is 6.04 Å². The third-order valence-corrected chi connectivity index (χ3v) is 3.15. The molecule has 1 aromatic heterocycles. The van der Waals surface area contributed by atoms with Gasteiger partial charge >= 0.3 is 0 Å². The highest BCUT2D eigenvalue weighted by Gasteiger charge is 2.17. The topological polar surface area (TPSA) is 55.9 Å². The number of benzene rings is 1. The smallest absolute Gasteiger partial charge is 0.126 e. The third kappa shape index (κ3) is 3.20. The van der Waals surface area contributed by atoms with Crippen LogP contribution in [0.4, 0.5) is 8.78 Å². The van der Waals surface area contributed by atoms with Crippen molar-refractivity contribution < 1.29 is 8.78 Å². The van der Waals surface area contributed by atoms with Crippen LogP contribution in [0.1, 0.15) is 29.9 Å². The number of aromatic nitrogens is 2. The average Bonchev–Trinajstić information content (AvgIpc) is 2.76. The fourth-order valence-electron chi connectivity index (χ4n) is 2.31. The Kier molecular flexibility index (Phi) is 4.46. The van der Waals surface area contributed by atoms with Gasteiger partial charge in [-0.2, -0.15) is 5.10 Å². The summed E-state index contributed by atoms with van der Waals surface area (Å²) >= 11 is 0. The molecule has 0 bridgehead atoms. The Morgan fingerprint density at radius 1 is 1.25 bits per heavy atom. The molecule has 2 rings (SSSR count). The van der Waals surface area contributed by atoms with Gasteiger partial charge < -0.3 is 0 Å². The second kappa shape index (κ2) is 6.11. The van der Waals surface area contributed by atoms with Crippen molar-refractivity contribution in [3.05, 3.63) is 52.9 Å². The number of rotatable bonds is 5. The first-order chi connectivity index (χ1) is 9.53. The number of nitrogens with zero attached hydrogens (tertiary/aromatic N) is 2. The zero-order valence-corrected chi connectivity index (χ0v) is 11.5. The van der Waals surface area contributed by atoms with E-state index in [4.69, 9.17) is 5.84 Å². The van der Waals surface area contributed by atoms with E-state index in [1.165, 1.54) is 12.1 Å². The van der Waals surface area contributed by atoms with Crippen LogP contribution in [0.5, 0.6) is 0 Å². The van der Waals surface area contributed by atoms with Gasteiger partial charge in [-0.3, -0.25) is 16.0 Å². The lowest BCUT2D eigenvalue weighted by Gasteiger charge is -2.17. The zero-order chi connectivity index (χ0) is 14.7. The Morgan fingerprint density at radius 3 is 2.45 bits per heavy atom. The first kappa shape index (κ1) is 14.6. The van der Waals surface area contributed by atoms with Crippen LogP contribution in [0, 0.1) is 18.6 Å². The molecule has 2 aromatic rings. The van der Waals surface area contributed by atoms with Gasteiger partial charge in [0, 0.05) is 12.6 Å². The van der Waals surface area contributed by atoms with Crippen molar-refractivity contribution in [3.63, 3.8) is 0 Å². The highest BCUT2D eigenvalue weighted by Crippen LogP contribution is 2.20. The van der Waals surface area contributed by atoms with Gasteiger partial charge in [0.25, 0.3) is 0 Å². The summed E-state index contributed by atoms with van der Waals surface area (Å²) < 4.78 is 28.3. The maximum Gasteiger partial charge on any atom is 0.126 e. The summed E-state index contributed by atoms with van der Waals surface area (Å²) in [6.45, 7) is 4.58. The fourth-order valence-corrected chi connectivity index (χ4v) is 2.31. The van der Waals surface area contributed by atoms with Gasteiger partial charge in [0.05, 0.1) is 17.4 Å². The number of hydrogen-bond acceptors (Lipinski definition) is 3. The Morgan fingerprint density at radius 2 is 1.90 bits per heavy atom. The molecule has 6 heteroatoms. The SMILES string of the molecule is CCn1nc(C)cc1C(Cc1cc(F)cc(F)c1)NN. The third-order valence-electron chi connectivity index (χ3n) is 3.15. The van der Waals surface area contributed by atoms with Crippen LogP contribution in [0.25, 0.3) is 0 Å². The first-order valence-corrected chi connectivity index (χ1v) is 6.49. The van der Waals surface area contributed by atoms with Crippen LogP contribution in [0.15, 0.2) is 24.3 Å². The van der Waals surface area contributed by atoms with Gasteiger partial charge in [-0.05, 0) is 44.0 Å². The van der Waals surface area contributed by atoms with Gasteiger partial charge in [0.15, 0.2) is 0 Å². The Balaban J connectivity index is 2.28. The molecule has 0 fully saturated rings. The van der Waals surface area contributed by atoms with Crippen molar-refractivity contribution in [2.75, 3.05) is 0 Å². The Bertz CT molecular complexity index is 575. The fraction of sp³-hybridized carbons (Fsp3) is 0.357. The van der Waals surface area contributed by atoms with Gasteiger partial charge in [-0.25, -0.2) is 8.78 Å². The molecular weight excluding hydrogens is 262 g/mol. The number of nitrogens with two attached hydrogens (primary N) is 1. The average molecular weight is 280 g/mol. The zero-order valence-electron chi connectivity index (χ0n) is 11.5. The summed E-state index contributed by atoms with van der Waals surface area (Å²) in [6.07, 6.45) is 0.385. The number of hydrogen-bond donors (Lipinski definition) is 2. The molecule has 0 aliphatic rings. The Hall–Kier alpha value is -1.79. The molecule has 1 unspecified atom stereocenters. The Labute approximate surface area is 116 Å². The lowest BCUT2D eigenvalue weighted by atomic mass is 10.0. The number of nitrogens with one attached hydrogen (secondary N) is 1. The minimum atomic E-state index is -0.587. The van der Waals surface area contributed by atoms with Crippen molar-refractivity contribution in [2.24, 2.45) is 5.84 Å². The summed E-state index contributed by atoms with van der Waals surface area (Å²) in [5.74, 6) is 4.41. The van der Waals surface area contributed by atoms with E-state index in [9.17, 15) is 8.78 Å². The van der Waals surface area contributed by atoms with E-state index in [0.29, 0.717) is 18.5 Å². The van der Waals surface area contributed by atoms with E-state index in [1.807, 2.05) is 24.6 Å². The van der Waals surface area contributed by atoms with Crippen LogP contribution >= 0.6 is 0 Å². The van der Waals surface area contributed by atoms with Crippen LogP contribution in [0.3, 0.4) is 0 Å². The van der Waals surface area contributed by atoms with Crippen molar-refractivity contribution in [1.82, 2.24) is 15.2 Å². The quantitative estimate of drug-likeness (QED) is 0.652. The van der Waals surface area contributed by atoms with E-state index < -0.39 is 11.6 Å². The molecule has 0 aliphatic carbocycles. The number of halogens is 2. The molecule has 0 amide bonds. The molecule has 0 spiro atoms. The van der Waals surface area contributed by atoms with Crippen LogP contribution in [-0.4, -0.2) is 9.78 Å². The van der Waals surface area contributed by atoms with Crippen LogP contribution in [0.2, 0.25) is 0 Å². The van der Waals surface area contributed by atoms with E-state index in [1.54, 1.807) is 0 Å². The molecule has 1 atom stereocenters. The largest absolute Gasteiger partial charge is 0.271 e. The van der Waals surface area contributed by atoms with E-state index >= 15 is 0 Å². The molecule has 108 valence electrons. The molecule has 0 radical (unpaired) electrons. The molecule has 4 nitrogen and oxygen atoms in total. The summed E-state index contributed by atoms with van der Waals surface area (Å²) in [5.41, 5.74) is 5.02. The first-order valence-electron chi connectivity index (χ1n) is 6.49. The monoisotopic (exact) mass is 280 g/mol. The van der Waals surface area contributed by atoms with Gasteiger partial charge in [0.2, 0.25) is 0 Å². The summed E-state index contributed by atoms with van der Waals surface area (Å²) in [4.78, 5) is 0. The lowest BCUT2D eigenvalue weighted by molar-refractivity contribution is 0.487. The minimum absolute atomic E-state index is 0.252.